The third-order valence-electron chi connectivity index (χ3n) is 5.83. The molecule has 0 bridgehead atoms. The Morgan fingerprint density at radius 2 is 1.91 bits per heavy atom. The van der Waals surface area contributed by atoms with Gasteiger partial charge in [-0.25, -0.2) is 9.07 Å². The zero-order valence-corrected chi connectivity index (χ0v) is 20.2. The van der Waals surface area contributed by atoms with Gasteiger partial charge in [-0.05, 0) is 63.8 Å². The second-order valence-electron chi connectivity index (χ2n) is 9.35. The summed E-state index contributed by atoms with van der Waals surface area (Å²) in [7, 11) is 0. The summed E-state index contributed by atoms with van der Waals surface area (Å²) in [5.74, 6) is 1.26. The second kappa shape index (κ2) is 11.1. The van der Waals surface area contributed by atoms with E-state index in [4.69, 9.17) is 14.6 Å². The first-order chi connectivity index (χ1) is 16.4. The van der Waals surface area contributed by atoms with Crippen molar-refractivity contribution in [2.45, 2.75) is 52.4 Å². The molecule has 1 aliphatic carbocycles. The summed E-state index contributed by atoms with van der Waals surface area (Å²) in [6.07, 6.45) is 1.91. The lowest BCUT2D eigenvalue weighted by molar-refractivity contribution is -0.0101. The van der Waals surface area contributed by atoms with Gasteiger partial charge in [0.25, 0.3) is 0 Å². The van der Waals surface area contributed by atoms with Gasteiger partial charge in [0.2, 0.25) is 5.88 Å². The molecule has 1 N–H and O–H groups in total. The highest BCUT2D eigenvalue weighted by molar-refractivity contribution is 5.43. The number of nitrogens with zero attached hydrogens (tertiary/aromatic N) is 3. The van der Waals surface area contributed by atoms with E-state index in [-0.39, 0.29) is 11.9 Å². The molecule has 0 saturated heterocycles. The van der Waals surface area contributed by atoms with Crippen LogP contribution in [-0.2, 0) is 11.3 Å². The molecule has 34 heavy (non-hydrogen) atoms. The number of aromatic nitrogens is 2. The van der Waals surface area contributed by atoms with E-state index in [9.17, 15) is 9.50 Å². The van der Waals surface area contributed by atoms with Crippen LogP contribution >= 0.6 is 0 Å². The lowest BCUT2D eigenvalue weighted by Gasteiger charge is -2.26. The Hall–Kier alpha value is -2.74. The Labute approximate surface area is 200 Å². The fourth-order valence-electron chi connectivity index (χ4n) is 3.96. The van der Waals surface area contributed by atoms with Crippen LogP contribution in [0.2, 0.25) is 0 Å². The van der Waals surface area contributed by atoms with Gasteiger partial charge in [0.05, 0.1) is 35.8 Å². The van der Waals surface area contributed by atoms with Crippen molar-refractivity contribution >= 4 is 0 Å². The maximum atomic E-state index is 13.9. The highest BCUT2D eigenvalue weighted by Gasteiger charge is 2.28. The maximum Gasteiger partial charge on any atom is 0.227 e. The SMILES string of the molecule is Cc1nn(-c2ccccc2)c(Oc2cccc(F)c2)c1CN(CC1CC1)C[C@@H](O)COC(C)C. The van der Waals surface area contributed by atoms with Crippen molar-refractivity contribution in [1.29, 1.82) is 0 Å². The van der Waals surface area contributed by atoms with Gasteiger partial charge in [-0.15, -0.1) is 0 Å². The van der Waals surface area contributed by atoms with E-state index in [2.05, 4.69) is 4.90 Å². The lowest BCUT2D eigenvalue weighted by atomic mass is 10.2. The van der Waals surface area contributed by atoms with Gasteiger partial charge in [0, 0.05) is 25.7 Å². The summed E-state index contributed by atoms with van der Waals surface area (Å²) in [6.45, 7) is 8.15. The quantitative estimate of drug-likeness (QED) is 0.401. The Kier molecular flexibility index (Phi) is 7.98. The minimum atomic E-state index is -0.585. The van der Waals surface area contributed by atoms with Crippen molar-refractivity contribution in [3.8, 4) is 17.3 Å². The topological polar surface area (TPSA) is 59.8 Å². The fourth-order valence-corrected chi connectivity index (χ4v) is 3.96. The molecule has 3 aromatic rings. The molecule has 1 aliphatic rings. The highest BCUT2D eigenvalue weighted by atomic mass is 19.1. The zero-order valence-electron chi connectivity index (χ0n) is 20.2. The molecule has 6 nitrogen and oxygen atoms in total. The molecule has 182 valence electrons. The zero-order chi connectivity index (χ0) is 24.1. The normalized spacial score (nSPS) is 14.7. The first-order valence-corrected chi connectivity index (χ1v) is 12.0. The van der Waals surface area contributed by atoms with Crippen LogP contribution in [0.5, 0.6) is 11.6 Å². The molecule has 0 aliphatic heterocycles. The smallest absolute Gasteiger partial charge is 0.227 e. The summed E-state index contributed by atoms with van der Waals surface area (Å²) in [5.41, 5.74) is 2.62. The van der Waals surface area contributed by atoms with Crippen LogP contribution in [0, 0.1) is 18.7 Å². The summed E-state index contributed by atoms with van der Waals surface area (Å²) in [4.78, 5) is 2.25. The van der Waals surface area contributed by atoms with Gasteiger partial charge >= 0.3 is 0 Å². The number of para-hydroxylation sites is 1. The average Bonchev–Trinajstić information content (AvgIpc) is 3.57. The number of aliphatic hydroxyl groups excluding tert-OH is 1. The van der Waals surface area contributed by atoms with E-state index < -0.39 is 6.10 Å². The lowest BCUT2D eigenvalue weighted by Crippen LogP contribution is -2.36. The number of aryl methyl sites for hydroxylation is 1. The molecule has 2 aromatic carbocycles. The summed E-state index contributed by atoms with van der Waals surface area (Å²) < 4.78 is 27.5. The number of aliphatic hydroxyl groups is 1. The van der Waals surface area contributed by atoms with E-state index in [1.807, 2.05) is 51.1 Å². The van der Waals surface area contributed by atoms with Crippen LogP contribution in [0.3, 0.4) is 0 Å². The molecular formula is C27H34FN3O3. The van der Waals surface area contributed by atoms with Crippen molar-refractivity contribution < 1.29 is 19.0 Å². The standard InChI is InChI=1S/C27H34FN3O3/c1-19(2)33-18-24(32)16-30(15-21-12-13-21)17-26-20(3)29-31(23-9-5-4-6-10-23)27(26)34-25-11-7-8-22(28)14-25/h4-11,14,19,21,24,32H,12-13,15-18H2,1-3H3/t24-/m1/s1. The van der Waals surface area contributed by atoms with E-state index in [0.29, 0.717) is 37.2 Å². The fraction of sp³-hybridized carbons (Fsp3) is 0.444. The van der Waals surface area contributed by atoms with Crippen LogP contribution in [0.25, 0.3) is 5.69 Å². The van der Waals surface area contributed by atoms with Gasteiger partial charge < -0.3 is 14.6 Å². The van der Waals surface area contributed by atoms with Crippen LogP contribution in [-0.4, -0.2) is 51.7 Å². The van der Waals surface area contributed by atoms with Crippen LogP contribution in [0.4, 0.5) is 4.39 Å². The second-order valence-corrected chi connectivity index (χ2v) is 9.35. The van der Waals surface area contributed by atoms with E-state index in [1.54, 1.807) is 16.8 Å². The number of ether oxygens (including phenoxy) is 2. The molecule has 0 unspecified atom stereocenters. The molecule has 1 atom stereocenters. The van der Waals surface area contributed by atoms with Gasteiger partial charge in [-0.2, -0.15) is 5.10 Å². The van der Waals surface area contributed by atoms with Gasteiger partial charge in [0.1, 0.15) is 11.6 Å². The van der Waals surface area contributed by atoms with Gasteiger partial charge in [0.15, 0.2) is 0 Å². The molecule has 1 saturated carbocycles. The third-order valence-corrected chi connectivity index (χ3v) is 5.83. The van der Waals surface area contributed by atoms with E-state index in [0.717, 1.165) is 23.5 Å². The number of hydrogen-bond donors (Lipinski definition) is 1. The molecule has 1 aromatic heterocycles. The average molecular weight is 468 g/mol. The Balaban J connectivity index is 1.63. The molecule has 1 heterocycles. The van der Waals surface area contributed by atoms with E-state index in [1.165, 1.54) is 25.0 Å². The predicted molar refractivity (Wildman–Crippen MR) is 130 cm³/mol. The van der Waals surface area contributed by atoms with Crippen molar-refractivity contribution in [1.82, 2.24) is 14.7 Å². The molecule has 0 amide bonds. The first kappa shape index (κ1) is 24.4. The number of halogens is 1. The molecule has 0 radical (unpaired) electrons. The Bertz CT molecular complexity index is 1070. The van der Waals surface area contributed by atoms with Crippen LogP contribution in [0.1, 0.15) is 37.9 Å². The summed E-state index contributed by atoms with van der Waals surface area (Å²) in [6, 6.07) is 15.9. The molecule has 4 rings (SSSR count). The number of rotatable bonds is 12. The molecule has 0 spiro atoms. The number of benzene rings is 2. The van der Waals surface area contributed by atoms with Gasteiger partial charge in [-0.1, -0.05) is 24.3 Å². The Morgan fingerprint density at radius 1 is 1.15 bits per heavy atom. The summed E-state index contributed by atoms with van der Waals surface area (Å²) in [5, 5.41) is 15.4. The largest absolute Gasteiger partial charge is 0.438 e. The highest BCUT2D eigenvalue weighted by Crippen LogP contribution is 2.34. The summed E-state index contributed by atoms with van der Waals surface area (Å²) >= 11 is 0. The monoisotopic (exact) mass is 467 g/mol. The van der Waals surface area contributed by atoms with Crippen molar-refractivity contribution in [3.05, 3.63) is 71.7 Å². The number of hydrogen-bond acceptors (Lipinski definition) is 5. The van der Waals surface area contributed by atoms with Crippen molar-refractivity contribution in [3.63, 3.8) is 0 Å². The van der Waals surface area contributed by atoms with Gasteiger partial charge in [-0.3, -0.25) is 4.90 Å². The Morgan fingerprint density at radius 3 is 2.59 bits per heavy atom. The molecule has 7 heteroatoms. The van der Waals surface area contributed by atoms with Crippen molar-refractivity contribution in [2.24, 2.45) is 5.92 Å². The molecule has 1 fully saturated rings. The van der Waals surface area contributed by atoms with E-state index >= 15 is 0 Å². The first-order valence-electron chi connectivity index (χ1n) is 12.0. The predicted octanol–water partition coefficient (Wildman–Crippen LogP) is 5.11. The minimum Gasteiger partial charge on any atom is -0.438 e. The maximum absolute atomic E-state index is 13.9. The minimum absolute atomic E-state index is 0.0733. The molecular weight excluding hydrogens is 433 g/mol. The third kappa shape index (κ3) is 6.65. The van der Waals surface area contributed by atoms with Crippen LogP contribution in [0.15, 0.2) is 54.6 Å². The van der Waals surface area contributed by atoms with Crippen LogP contribution < -0.4 is 4.74 Å². The van der Waals surface area contributed by atoms with Crippen molar-refractivity contribution in [2.75, 3.05) is 19.7 Å².